The highest BCUT2D eigenvalue weighted by Gasteiger charge is 2.14. The van der Waals surface area contributed by atoms with Crippen molar-refractivity contribution in [3.63, 3.8) is 0 Å². The number of rotatable bonds is 9. The van der Waals surface area contributed by atoms with Crippen LogP contribution in [0, 0.1) is 0 Å². The van der Waals surface area contributed by atoms with Crippen molar-refractivity contribution in [3.05, 3.63) is 69.7 Å². The van der Waals surface area contributed by atoms with Crippen LogP contribution in [0.5, 0.6) is 0 Å². The molecule has 0 spiro atoms. The highest BCUT2D eigenvalue weighted by Crippen LogP contribution is 2.27. The van der Waals surface area contributed by atoms with Crippen LogP contribution in [0.2, 0.25) is 0 Å². The maximum atomic E-state index is 12.6. The van der Waals surface area contributed by atoms with Crippen LogP contribution >= 0.6 is 11.3 Å². The van der Waals surface area contributed by atoms with Gasteiger partial charge in [0.05, 0.1) is 12.0 Å². The van der Waals surface area contributed by atoms with E-state index < -0.39 is 0 Å². The van der Waals surface area contributed by atoms with Gasteiger partial charge in [0.1, 0.15) is 29.3 Å². The van der Waals surface area contributed by atoms with Crippen LogP contribution < -0.4 is 10.9 Å². The Morgan fingerprint density at radius 1 is 1.13 bits per heavy atom. The molecule has 0 atom stereocenters. The van der Waals surface area contributed by atoms with E-state index in [1.54, 1.807) is 12.3 Å². The lowest BCUT2D eigenvalue weighted by atomic mass is 10.2. The molecule has 8 nitrogen and oxygen atoms in total. The minimum Gasteiger partial charge on any atom is -0.369 e. The number of likely N-dealkylation sites (N-methyl/N-ethyl adjacent to an activating group) is 1. The predicted octanol–water partition coefficient (Wildman–Crippen LogP) is 3.13. The zero-order valence-corrected chi connectivity index (χ0v) is 18.3. The zero-order valence-electron chi connectivity index (χ0n) is 17.5. The van der Waals surface area contributed by atoms with E-state index in [9.17, 15) is 4.79 Å². The van der Waals surface area contributed by atoms with Crippen LogP contribution in [0.4, 0.5) is 5.13 Å². The first-order chi connectivity index (χ1) is 15.1. The minimum atomic E-state index is -0.216. The van der Waals surface area contributed by atoms with Gasteiger partial charge in [-0.1, -0.05) is 30.3 Å². The van der Waals surface area contributed by atoms with Gasteiger partial charge in [-0.25, -0.2) is 9.97 Å². The van der Waals surface area contributed by atoms with Crippen molar-refractivity contribution in [2.75, 3.05) is 32.5 Å². The lowest BCUT2D eigenvalue weighted by Crippen LogP contribution is -2.20. The SMILES string of the molecule is CN(C)CCNc1nc(-c2nccc3c(=O)[nH]c(COCc4ccccc4)nc23)cs1. The lowest BCUT2D eigenvalue weighted by Gasteiger charge is -2.09. The normalized spacial score (nSPS) is 11.3. The average molecular weight is 437 g/mol. The Hall–Kier alpha value is -3.14. The van der Waals surface area contributed by atoms with Crippen LogP contribution in [-0.4, -0.2) is 52.0 Å². The molecule has 160 valence electrons. The molecule has 0 aliphatic carbocycles. The Morgan fingerprint density at radius 2 is 1.97 bits per heavy atom. The van der Waals surface area contributed by atoms with E-state index in [0.29, 0.717) is 34.7 Å². The number of pyridine rings is 1. The van der Waals surface area contributed by atoms with Gasteiger partial charge in [-0.3, -0.25) is 9.78 Å². The van der Waals surface area contributed by atoms with Crippen LogP contribution in [0.15, 0.2) is 52.8 Å². The van der Waals surface area contributed by atoms with Crippen LogP contribution in [0.1, 0.15) is 11.4 Å². The second kappa shape index (κ2) is 9.78. The van der Waals surface area contributed by atoms with Crippen LogP contribution in [0.3, 0.4) is 0 Å². The number of hydrogen-bond acceptors (Lipinski definition) is 8. The molecule has 0 fully saturated rings. The number of aromatic nitrogens is 4. The van der Waals surface area contributed by atoms with Crippen molar-refractivity contribution in [2.24, 2.45) is 0 Å². The fraction of sp³-hybridized carbons (Fsp3) is 0.273. The highest BCUT2D eigenvalue weighted by atomic mass is 32.1. The first kappa shape index (κ1) is 21.1. The molecule has 0 aliphatic heterocycles. The maximum absolute atomic E-state index is 12.6. The molecule has 4 aromatic rings. The third-order valence-electron chi connectivity index (χ3n) is 4.61. The maximum Gasteiger partial charge on any atom is 0.258 e. The van der Waals surface area contributed by atoms with E-state index in [1.807, 2.05) is 49.8 Å². The smallest absolute Gasteiger partial charge is 0.258 e. The van der Waals surface area contributed by atoms with Gasteiger partial charge in [-0.05, 0) is 25.7 Å². The van der Waals surface area contributed by atoms with E-state index in [0.717, 1.165) is 23.8 Å². The molecule has 0 saturated heterocycles. The number of aromatic amines is 1. The zero-order chi connectivity index (χ0) is 21.6. The van der Waals surface area contributed by atoms with Crippen molar-refractivity contribution in [3.8, 4) is 11.4 Å². The summed E-state index contributed by atoms with van der Waals surface area (Å²) >= 11 is 1.51. The Morgan fingerprint density at radius 3 is 2.77 bits per heavy atom. The summed E-state index contributed by atoms with van der Waals surface area (Å²) in [5.74, 6) is 0.460. The highest BCUT2D eigenvalue weighted by molar-refractivity contribution is 7.14. The molecule has 0 amide bonds. The minimum absolute atomic E-state index is 0.197. The molecular formula is C22H24N6O2S. The van der Waals surface area contributed by atoms with Crippen molar-refractivity contribution < 1.29 is 4.74 Å². The summed E-state index contributed by atoms with van der Waals surface area (Å²) in [5, 5.41) is 6.53. The Balaban J connectivity index is 1.55. The standard InChI is InChI=1S/C22H24N6O2S/c1-28(2)11-10-24-22-25-17(14-31-22)20-19-16(8-9-23-20)21(29)27-18(26-19)13-30-12-15-6-4-3-5-7-15/h3-9,14H,10-13H2,1-2H3,(H,24,25)(H,26,27,29). The summed E-state index contributed by atoms with van der Waals surface area (Å²) in [7, 11) is 4.05. The predicted molar refractivity (Wildman–Crippen MR) is 123 cm³/mol. The molecule has 0 saturated carbocycles. The van der Waals surface area contributed by atoms with E-state index in [4.69, 9.17) is 4.74 Å². The van der Waals surface area contributed by atoms with E-state index in [1.165, 1.54) is 11.3 Å². The molecule has 3 heterocycles. The number of anilines is 1. The molecule has 4 rings (SSSR count). The van der Waals surface area contributed by atoms with Gasteiger partial charge in [0.25, 0.3) is 5.56 Å². The van der Waals surface area contributed by atoms with Crippen LogP contribution in [0.25, 0.3) is 22.3 Å². The molecule has 0 bridgehead atoms. The van der Waals surface area contributed by atoms with Gasteiger partial charge in [-0.2, -0.15) is 0 Å². The molecule has 0 aliphatic rings. The van der Waals surface area contributed by atoms with Gasteiger partial charge in [0.2, 0.25) is 0 Å². The van der Waals surface area contributed by atoms with Gasteiger partial charge in [-0.15, -0.1) is 11.3 Å². The van der Waals surface area contributed by atoms with Gasteiger partial charge in [0, 0.05) is 24.7 Å². The average Bonchev–Trinajstić information content (AvgIpc) is 3.23. The second-order valence-corrected chi connectivity index (χ2v) is 8.17. The van der Waals surface area contributed by atoms with Crippen molar-refractivity contribution in [1.29, 1.82) is 0 Å². The number of nitrogens with one attached hydrogen (secondary N) is 2. The quantitative estimate of drug-likeness (QED) is 0.416. The summed E-state index contributed by atoms with van der Waals surface area (Å²) in [4.78, 5) is 31.2. The van der Waals surface area contributed by atoms with E-state index in [-0.39, 0.29) is 12.2 Å². The first-order valence-electron chi connectivity index (χ1n) is 9.94. The fourth-order valence-corrected chi connectivity index (χ4v) is 3.78. The number of ether oxygens (including phenoxy) is 1. The number of hydrogen-bond donors (Lipinski definition) is 2. The molecule has 0 unspecified atom stereocenters. The summed E-state index contributed by atoms with van der Waals surface area (Å²) < 4.78 is 5.74. The van der Waals surface area contributed by atoms with Gasteiger partial charge < -0.3 is 19.9 Å². The molecule has 3 aromatic heterocycles. The second-order valence-electron chi connectivity index (χ2n) is 7.31. The number of thiazole rings is 1. The lowest BCUT2D eigenvalue weighted by molar-refractivity contribution is 0.102. The Labute approximate surface area is 184 Å². The molecule has 1 aromatic carbocycles. The summed E-state index contributed by atoms with van der Waals surface area (Å²) in [5.41, 5.74) is 2.65. The molecular weight excluding hydrogens is 412 g/mol. The van der Waals surface area contributed by atoms with E-state index in [2.05, 4.69) is 30.2 Å². The molecule has 0 radical (unpaired) electrons. The number of fused-ring (bicyclic) bond motifs is 1. The molecule has 2 N–H and O–H groups in total. The molecule has 9 heteroatoms. The van der Waals surface area contributed by atoms with E-state index >= 15 is 0 Å². The summed E-state index contributed by atoms with van der Waals surface area (Å²) in [6, 6.07) is 11.5. The van der Waals surface area contributed by atoms with Crippen LogP contribution in [-0.2, 0) is 18.0 Å². The summed E-state index contributed by atoms with van der Waals surface area (Å²) in [6.45, 7) is 2.34. The van der Waals surface area contributed by atoms with Gasteiger partial charge in [0.15, 0.2) is 5.13 Å². The fourth-order valence-electron chi connectivity index (χ4n) is 3.06. The summed E-state index contributed by atoms with van der Waals surface area (Å²) in [6.07, 6.45) is 1.61. The number of H-pyrrole nitrogens is 1. The van der Waals surface area contributed by atoms with Crippen molar-refractivity contribution in [1.82, 2.24) is 24.8 Å². The number of benzene rings is 1. The molecule has 31 heavy (non-hydrogen) atoms. The third-order valence-corrected chi connectivity index (χ3v) is 5.41. The number of nitrogens with zero attached hydrogens (tertiary/aromatic N) is 4. The third kappa shape index (κ3) is 5.32. The van der Waals surface area contributed by atoms with Crippen molar-refractivity contribution in [2.45, 2.75) is 13.2 Å². The first-order valence-corrected chi connectivity index (χ1v) is 10.8. The van der Waals surface area contributed by atoms with Crippen molar-refractivity contribution >= 4 is 27.4 Å². The topological polar surface area (TPSA) is 96.0 Å². The monoisotopic (exact) mass is 436 g/mol. The van der Waals surface area contributed by atoms with Gasteiger partial charge >= 0.3 is 0 Å². The largest absolute Gasteiger partial charge is 0.369 e. The Kier molecular flexibility index (Phi) is 6.66. The Bertz CT molecular complexity index is 1210.